The van der Waals surface area contributed by atoms with Gasteiger partial charge in [0, 0.05) is 0 Å². The molecule has 1 fully saturated rings. The van der Waals surface area contributed by atoms with Gasteiger partial charge in [0.05, 0.1) is 6.61 Å². The fourth-order valence-corrected chi connectivity index (χ4v) is 4.67. The molecule has 4 atom stereocenters. The van der Waals surface area contributed by atoms with Crippen molar-refractivity contribution in [2.75, 3.05) is 6.61 Å². The second-order valence-electron chi connectivity index (χ2n) is 10.4. The van der Waals surface area contributed by atoms with Gasteiger partial charge in [-0.3, -0.25) is 0 Å². The van der Waals surface area contributed by atoms with Crippen LogP contribution in [0.15, 0.2) is 61.2 Å². The molecule has 0 spiro atoms. The van der Waals surface area contributed by atoms with Gasteiger partial charge in [0.1, 0.15) is 23.7 Å². The quantitative estimate of drug-likeness (QED) is 0.496. The molecular formula is C28H38O4. The Bertz CT molecular complexity index is 883. The first-order valence-corrected chi connectivity index (χ1v) is 11.4. The Kier molecular flexibility index (Phi) is 7.36. The molecule has 0 aromatic heterocycles. The summed E-state index contributed by atoms with van der Waals surface area (Å²) in [7, 11) is 0. The number of benzene rings is 2. The second kappa shape index (κ2) is 9.68. The van der Waals surface area contributed by atoms with E-state index in [2.05, 4.69) is 41.2 Å². The van der Waals surface area contributed by atoms with E-state index in [0.717, 1.165) is 23.5 Å². The zero-order chi connectivity index (χ0) is 23.5. The molecule has 174 valence electrons. The Balaban J connectivity index is 1.95. The summed E-state index contributed by atoms with van der Waals surface area (Å²) in [5.41, 5.74) is 2.03. The maximum absolute atomic E-state index is 10.2. The summed E-state index contributed by atoms with van der Waals surface area (Å²) in [6.45, 7) is 16.7. The first-order valence-electron chi connectivity index (χ1n) is 11.4. The molecule has 1 saturated heterocycles. The van der Waals surface area contributed by atoms with Crippen molar-refractivity contribution in [3.05, 3.63) is 72.3 Å². The zero-order valence-electron chi connectivity index (χ0n) is 20.3. The highest BCUT2D eigenvalue weighted by molar-refractivity contribution is 5.29. The van der Waals surface area contributed by atoms with Gasteiger partial charge in [-0.15, -0.1) is 6.58 Å². The summed E-state index contributed by atoms with van der Waals surface area (Å²) in [5.74, 6) is 1.51. The molecule has 4 unspecified atom stereocenters. The van der Waals surface area contributed by atoms with E-state index >= 15 is 0 Å². The van der Waals surface area contributed by atoms with Crippen LogP contribution in [0.2, 0.25) is 0 Å². The third-order valence-corrected chi connectivity index (χ3v) is 6.31. The molecule has 0 bridgehead atoms. The predicted molar refractivity (Wildman–Crippen MR) is 129 cm³/mol. The van der Waals surface area contributed by atoms with Crippen LogP contribution in [0.4, 0.5) is 0 Å². The van der Waals surface area contributed by atoms with Crippen LogP contribution in [0, 0.1) is 24.7 Å². The number of hydrogen-bond donors (Lipinski definition) is 1. The SMILES string of the molecule is C=CC(C)(C)CC(C)(C)C1OC(CO)C(Oc2ccc(C)cc2)C1Oc1ccc(C)cc1. The number of ether oxygens (including phenoxy) is 3. The van der Waals surface area contributed by atoms with E-state index < -0.39 is 12.2 Å². The fraction of sp³-hybridized carbons (Fsp3) is 0.500. The summed E-state index contributed by atoms with van der Waals surface area (Å²) in [4.78, 5) is 0. The Morgan fingerprint density at radius 1 is 0.875 bits per heavy atom. The number of hydrogen-bond acceptors (Lipinski definition) is 4. The van der Waals surface area contributed by atoms with Crippen molar-refractivity contribution in [2.45, 2.75) is 72.4 Å². The molecule has 3 rings (SSSR count). The molecule has 32 heavy (non-hydrogen) atoms. The number of aryl methyl sites for hydroxylation is 2. The molecule has 0 aliphatic carbocycles. The van der Waals surface area contributed by atoms with Crippen LogP contribution in [0.25, 0.3) is 0 Å². The van der Waals surface area contributed by atoms with Crippen LogP contribution >= 0.6 is 0 Å². The molecule has 2 aromatic rings. The van der Waals surface area contributed by atoms with Gasteiger partial charge in [0.15, 0.2) is 12.2 Å². The van der Waals surface area contributed by atoms with Crippen molar-refractivity contribution < 1.29 is 19.3 Å². The Hall–Kier alpha value is -2.30. The summed E-state index contributed by atoms with van der Waals surface area (Å²) >= 11 is 0. The third kappa shape index (κ3) is 5.73. The van der Waals surface area contributed by atoms with Gasteiger partial charge in [0.25, 0.3) is 0 Å². The maximum Gasteiger partial charge on any atom is 0.166 e. The van der Waals surface area contributed by atoms with Crippen molar-refractivity contribution in [3.8, 4) is 11.5 Å². The monoisotopic (exact) mass is 438 g/mol. The van der Waals surface area contributed by atoms with E-state index in [-0.39, 0.29) is 29.6 Å². The molecule has 0 radical (unpaired) electrons. The lowest BCUT2D eigenvalue weighted by atomic mass is 9.71. The van der Waals surface area contributed by atoms with E-state index in [9.17, 15) is 5.11 Å². The zero-order valence-corrected chi connectivity index (χ0v) is 20.3. The van der Waals surface area contributed by atoms with Crippen molar-refractivity contribution >= 4 is 0 Å². The van der Waals surface area contributed by atoms with Crippen molar-refractivity contribution in [3.63, 3.8) is 0 Å². The molecule has 1 aliphatic rings. The van der Waals surface area contributed by atoms with Crippen molar-refractivity contribution in [1.29, 1.82) is 0 Å². The molecule has 4 heteroatoms. The van der Waals surface area contributed by atoms with E-state index in [4.69, 9.17) is 14.2 Å². The lowest BCUT2D eigenvalue weighted by Crippen LogP contribution is -2.47. The molecule has 0 saturated carbocycles. The molecule has 1 heterocycles. The van der Waals surface area contributed by atoms with Crippen LogP contribution in [0.5, 0.6) is 11.5 Å². The van der Waals surface area contributed by atoms with Gasteiger partial charge in [-0.25, -0.2) is 0 Å². The number of aliphatic hydroxyl groups is 1. The van der Waals surface area contributed by atoms with Gasteiger partial charge in [-0.1, -0.05) is 69.2 Å². The van der Waals surface area contributed by atoms with Crippen LogP contribution in [0.3, 0.4) is 0 Å². The van der Waals surface area contributed by atoms with E-state index in [1.165, 1.54) is 5.56 Å². The standard InChI is InChI=1S/C28H38O4/c1-8-27(4,5)18-28(6,7)26-25(31-22-15-11-20(3)12-16-22)24(23(17-29)32-26)30-21-13-9-19(2)10-14-21/h8-16,23-26,29H,1,17-18H2,2-7H3. The second-order valence-corrected chi connectivity index (χ2v) is 10.4. The molecular weight excluding hydrogens is 400 g/mol. The molecule has 4 nitrogen and oxygen atoms in total. The largest absolute Gasteiger partial charge is 0.484 e. The first kappa shape index (κ1) is 24.3. The minimum Gasteiger partial charge on any atom is -0.484 e. The average Bonchev–Trinajstić information content (AvgIpc) is 3.08. The number of rotatable bonds is 9. The van der Waals surface area contributed by atoms with Crippen LogP contribution in [-0.2, 0) is 4.74 Å². The van der Waals surface area contributed by atoms with Gasteiger partial charge >= 0.3 is 0 Å². The normalized spacial score (nSPS) is 23.7. The maximum atomic E-state index is 10.2. The fourth-order valence-electron chi connectivity index (χ4n) is 4.67. The third-order valence-electron chi connectivity index (χ3n) is 6.31. The molecule has 1 aliphatic heterocycles. The Morgan fingerprint density at radius 3 is 1.78 bits per heavy atom. The molecule has 1 N–H and O–H groups in total. The predicted octanol–water partition coefficient (Wildman–Crippen LogP) is 5.89. The van der Waals surface area contributed by atoms with Gasteiger partial charge < -0.3 is 19.3 Å². The first-order chi connectivity index (χ1) is 15.0. The smallest absolute Gasteiger partial charge is 0.166 e. The van der Waals surface area contributed by atoms with E-state index in [1.54, 1.807) is 0 Å². The lowest BCUT2D eigenvalue weighted by Gasteiger charge is -2.39. The van der Waals surface area contributed by atoms with Gasteiger partial charge in [-0.2, -0.15) is 0 Å². The summed E-state index contributed by atoms with van der Waals surface area (Å²) in [6.07, 6.45) is 1.27. The highest BCUT2D eigenvalue weighted by Gasteiger charge is 2.54. The lowest BCUT2D eigenvalue weighted by molar-refractivity contribution is -0.0752. The molecule has 0 amide bonds. The minimum absolute atomic E-state index is 0.0636. The Morgan fingerprint density at radius 2 is 1.34 bits per heavy atom. The average molecular weight is 439 g/mol. The topological polar surface area (TPSA) is 47.9 Å². The Labute approximate surface area is 193 Å². The minimum atomic E-state index is -0.483. The van der Waals surface area contributed by atoms with Crippen molar-refractivity contribution in [2.24, 2.45) is 10.8 Å². The van der Waals surface area contributed by atoms with Gasteiger partial charge in [-0.05, 0) is 55.4 Å². The summed E-state index contributed by atoms with van der Waals surface area (Å²) < 4.78 is 19.4. The summed E-state index contributed by atoms with van der Waals surface area (Å²) in [6, 6.07) is 15.9. The van der Waals surface area contributed by atoms with E-state index in [1.807, 2.05) is 61.5 Å². The van der Waals surface area contributed by atoms with Crippen LogP contribution < -0.4 is 9.47 Å². The van der Waals surface area contributed by atoms with Crippen LogP contribution in [0.1, 0.15) is 45.2 Å². The number of allylic oxidation sites excluding steroid dienone is 1. The van der Waals surface area contributed by atoms with Crippen LogP contribution in [-0.4, -0.2) is 36.1 Å². The van der Waals surface area contributed by atoms with Crippen molar-refractivity contribution in [1.82, 2.24) is 0 Å². The number of aliphatic hydroxyl groups excluding tert-OH is 1. The van der Waals surface area contributed by atoms with Gasteiger partial charge in [0.2, 0.25) is 0 Å². The summed E-state index contributed by atoms with van der Waals surface area (Å²) in [5, 5.41) is 10.2. The highest BCUT2D eigenvalue weighted by Crippen LogP contribution is 2.44. The highest BCUT2D eigenvalue weighted by atomic mass is 16.6. The molecule has 2 aromatic carbocycles. The van der Waals surface area contributed by atoms with E-state index in [0.29, 0.717) is 0 Å².